The number of aromatic amines is 1. The van der Waals surface area contributed by atoms with Crippen molar-refractivity contribution in [2.45, 2.75) is 30.9 Å². The fourth-order valence-corrected chi connectivity index (χ4v) is 6.65. The summed E-state index contributed by atoms with van der Waals surface area (Å²) in [7, 11) is -0.950. The van der Waals surface area contributed by atoms with E-state index in [2.05, 4.69) is 21.9 Å². The summed E-state index contributed by atoms with van der Waals surface area (Å²) in [6.45, 7) is 1.97. The van der Waals surface area contributed by atoms with Gasteiger partial charge in [0.15, 0.2) is 9.84 Å². The van der Waals surface area contributed by atoms with Crippen LogP contribution in [0.1, 0.15) is 35.0 Å². The molecular weight excluding hydrogens is 334 g/mol. The Hall–Kier alpha value is -1.25. The summed E-state index contributed by atoms with van der Waals surface area (Å²) in [6.07, 6.45) is 2.55. The van der Waals surface area contributed by atoms with Crippen molar-refractivity contribution in [2.75, 3.05) is 25.9 Å². The lowest BCUT2D eigenvalue weighted by molar-refractivity contribution is 0.246. The van der Waals surface area contributed by atoms with Crippen molar-refractivity contribution in [3.05, 3.63) is 26.6 Å². The Labute approximate surface area is 138 Å². The molecule has 0 spiro atoms. The molecule has 1 atom stereocenters. The Morgan fingerprint density at radius 1 is 1.39 bits per heavy atom. The number of hydrogen-bond acceptors (Lipinski definition) is 6. The Kier molecular flexibility index (Phi) is 3.58. The fraction of sp³-hybridized carbons (Fsp3) is 0.600. The number of thiophene rings is 1. The predicted molar refractivity (Wildman–Crippen MR) is 90.9 cm³/mol. The molecule has 0 amide bonds. The molecule has 0 bridgehead atoms. The Bertz CT molecular complexity index is 929. The topological polar surface area (TPSA) is 83.1 Å². The van der Waals surface area contributed by atoms with Gasteiger partial charge in [0.1, 0.15) is 10.7 Å². The molecule has 2 aromatic rings. The second-order valence-electron chi connectivity index (χ2n) is 6.58. The van der Waals surface area contributed by atoms with E-state index < -0.39 is 9.84 Å². The van der Waals surface area contributed by atoms with Crippen molar-refractivity contribution in [3.8, 4) is 0 Å². The number of likely N-dealkylation sites (tertiary alicyclic amines) is 1. The molecule has 0 aliphatic carbocycles. The van der Waals surface area contributed by atoms with Gasteiger partial charge >= 0.3 is 0 Å². The molecule has 1 fully saturated rings. The molecule has 6 nitrogen and oxygen atoms in total. The van der Waals surface area contributed by atoms with Gasteiger partial charge < -0.3 is 9.88 Å². The van der Waals surface area contributed by atoms with Gasteiger partial charge in [-0.2, -0.15) is 0 Å². The van der Waals surface area contributed by atoms with Crippen LogP contribution in [-0.2, 0) is 22.0 Å². The molecule has 4 heterocycles. The lowest BCUT2D eigenvalue weighted by Crippen LogP contribution is -2.32. The summed E-state index contributed by atoms with van der Waals surface area (Å²) in [5.74, 6) is 1.16. The summed E-state index contributed by atoms with van der Waals surface area (Å²) in [4.78, 5) is 24.0. The largest absolute Gasteiger partial charge is 0.310 e. The zero-order valence-corrected chi connectivity index (χ0v) is 14.6. The van der Waals surface area contributed by atoms with E-state index in [1.54, 1.807) is 0 Å². The Morgan fingerprint density at radius 2 is 2.22 bits per heavy atom. The number of hydrogen-bond donors (Lipinski definition) is 1. The third-order valence-electron chi connectivity index (χ3n) is 4.79. The fourth-order valence-electron chi connectivity index (χ4n) is 3.62. The number of aromatic nitrogens is 2. The molecule has 8 heteroatoms. The van der Waals surface area contributed by atoms with Gasteiger partial charge in [-0.1, -0.05) is 0 Å². The van der Waals surface area contributed by atoms with Crippen LogP contribution in [0.15, 0.2) is 4.79 Å². The molecule has 1 saturated heterocycles. The molecule has 0 radical (unpaired) electrons. The number of rotatable bonds is 1. The van der Waals surface area contributed by atoms with Crippen LogP contribution < -0.4 is 5.56 Å². The number of nitrogens with one attached hydrogen (secondary N) is 1. The van der Waals surface area contributed by atoms with Crippen molar-refractivity contribution in [3.63, 3.8) is 0 Å². The van der Waals surface area contributed by atoms with Gasteiger partial charge in [-0.05, 0) is 38.4 Å². The van der Waals surface area contributed by atoms with Crippen molar-refractivity contribution in [1.29, 1.82) is 0 Å². The molecule has 124 valence electrons. The highest BCUT2D eigenvalue weighted by Crippen LogP contribution is 2.34. The maximum Gasteiger partial charge on any atom is 0.259 e. The van der Waals surface area contributed by atoms with Gasteiger partial charge in [0.25, 0.3) is 5.56 Å². The number of sulfone groups is 1. The maximum absolute atomic E-state index is 12.6. The van der Waals surface area contributed by atoms with Crippen LogP contribution in [0.4, 0.5) is 0 Å². The number of fused-ring (bicyclic) bond motifs is 3. The van der Waals surface area contributed by atoms with Gasteiger partial charge in [0.2, 0.25) is 0 Å². The van der Waals surface area contributed by atoms with E-state index >= 15 is 0 Å². The Balaban J connectivity index is 1.81. The van der Waals surface area contributed by atoms with Crippen molar-refractivity contribution in [2.24, 2.45) is 0 Å². The predicted octanol–water partition coefficient (Wildman–Crippen LogP) is 1.26. The molecule has 2 aliphatic heterocycles. The van der Waals surface area contributed by atoms with E-state index in [0.717, 1.165) is 42.2 Å². The molecule has 1 unspecified atom stereocenters. The SMILES string of the molecule is CN1CCCC(c2nc3sc4c(c3c(=O)[nH]2)CCS(=O)(=O)C4)C1. The van der Waals surface area contributed by atoms with Crippen LogP contribution >= 0.6 is 11.3 Å². The first-order valence-electron chi connectivity index (χ1n) is 7.86. The maximum atomic E-state index is 12.6. The van der Waals surface area contributed by atoms with Crippen LogP contribution in [0.25, 0.3) is 10.2 Å². The highest BCUT2D eigenvalue weighted by molar-refractivity contribution is 7.90. The third kappa shape index (κ3) is 2.72. The molecule has 23 heavy (non-hydrogen) atoms. The highest BCUT2D eigenvalue weighted by atomic mass is 32.2. The van der Waals surface area contributed by atoms with Crippen molar-refractivity contribution in [1.82, 2.24) is 14.9 Å². The van der Waals surface area contributed by atoms with E-state index in [-0.39, 0.29) is 23.0 Å². The quantitative estimate of drug-likeness (QED) is 0.835. The minimum atomic E-state index is -3.03. The molecule has 2 aromatic heterocycles. The average Bonchev–Trinajstić information content (AvgIpc) is 2.83. The summed E-state index contributed by atoms with van der Waals surface area (Å²) in [5.41, 5.74) is 0.774. The van der Waals surface area contributed by atoms with Gasteiger partial charge in [-0.3, -0.25) is 4.79 Å². The molecular formula is C15H19N3O3S2. The van der Waals surface area contributed by atoms with Crippen LogP contribution in [-0.4, -0.2) is 49.2 Å². The van der Waals surface area contributed by atoms with E-state index in [0.29, 0.717) is 16.6 Å². The number of likely N-dealkylation sites (N-methyl/N-ethyl adjacent to an activating group) is 1. The van der Waals surface area contributed by atoms with E-state index in [1.165, 1.54) is 11.3 Å². The van der Waals surface area contributed by atoms with Crippen LogP contribution in [0, 0.1) is 0 Å². The van der Waals surface area contributed by atoms with Gasteiger partial charge in [0, 0.05) is 17.3 Å². The molecule has 2 aliphatic rings. The minimum absolute atomic E-state index is 0.0459. The second kappa shape index (κ2) is 5.39. The Morgan fingerprint density at radius 3 is 3.00 bits per heavy atom. The smallest absolute Gasteiger partial charge is 0.259 e. The third-order valence-corrected chi connectivity index (χ3v) is 7.65. The van der Waals surface area contributed by atoms with Crippen LogP contribution in [0.2, 0.25) is 0 Å². The minimum Gasteiger partial charge on any atom is -0.310 e. The molecule has 0 aromatic carbocycles. The zero-order valence-electron chi connectivity index (χ0n) is 13.0. The summed E-state index contributed by atoms with van der Waals surface area (Å²) < 4.78 is 23.6. The highest BCUT2D eigenvalue weighted by Gasteiger charge is 2.28. The van der Waals surface area contributed by atoms with E-state index in [1.807, 2.05) is 0 Å². The second-order valence-corrected chi connectivity index (χ2v) is 9.85. The zero-order chi connectivity index (χ0) is 16.2. The number of nitrogens with zero attached hydrogens (tertiary/aromatic N) is 2. The van der Waals surface area contributed by atoms with E-state index in [9.17, 15) is 13.2 Å². The van der Waals surface area contributed by atoms with Gasteiger partial charge in [0.05, 0.1) is 16.9 Å². The first-order chi connectivity index (χ1) is 10.9. The van der Waals surface area contributed by atoms with Crippen LogP contribution in [0.3, 0.4) is 0 Å². The molecule has 4 rings (SSSR count). The van der Waals surface area contributed by atoms with Gasteiger partial charge in [-0.15, -0.1) is 11.3 Å². The van der Waals surface area contributed by atoms with E-state index in [4.69, 9.17) is 0 Å². The first-order valence-corrected chi connectivity index (χ1v) is 10.5. The lowest BCUT2D eigenvalue weighted by atomic mass is 9.97. The average molecular weight is 353 g/mol. The summed E-state index contributed by atoms with van der Waals surface area (Å²) >= 11 is 1.37. The normalized spacial score (nSPS) is 24.7. The lowest BCUT2D eigenvalue weighted by Gasteiger charge is -2.28. The standard InChI is InChI=1S/C15H19N3O3S2/c1-18-5-2-3-9(7-18)13-16-14(19)12-10-4-6-23(20,21)8-11(10)22-15(12)17-13/h9H,2-8H2,1H3,(H,16,17,19). The molecule has 0 saturated carbocycles. The number of piperidine rings is 1. The van der Waals surface area contributed by atoms with Crippen molar-refractivity contribution >= 4 is 31.4 Å². The van der Waals surface area contributed by atoms with Gasteiger partial charge in [-0.25, -0.2) is 13.4 Å². The molecule has 1 N–H and O–H groups in total. The van der Waals surface area contributed by atoms with Crippen molar-refractivity contribution < 1.29 is 8.42 Å². The first kappa shape index (κ1) is 15.3. The summed E-state index contributed by atoms with van der Waals surface area (Å²) in [5, 5.41) is 0.604. The monoisotopic (exact) mass is 353 g/mol. The number of H-pyrrole nitrogens is 1. The van der Waals surface area contributed by atoms with Crippen LogP contribution in [0.5, 0.6) is 0 Å². The summed E-state index contributed by atoms with van der Waals surface area (Å²) in [6, 6.07) is 0. The number of aryl methyl sites for hydroxylation is 1.